The summed E-state index contributed by atoms with van der Waals surface area (Å²) in [4.78, 5) is 33.6. The summed E-state index contributed by atoms with van der Waals surface area (Å²) in [6, 6.07) is 4.89. The predicted molar refractivity (Wildman–Crippen MR) is 171 cm³/mol. The molecule has 0 fully saturated rings. The third-order valence-electron chi connectivity index (χ3n) is 7.91. The molecule has 0 saturated heterocycles. The van der Waals surface area contributed by atoms with E-state index in [4.69, 9.17) is 6.42 Å². The summed E-state index contributed by atoms with van der Waals surface area (Å²) in [6.45, 7) is 9.45. The molecule has 1 aromatic carbocycles. The molecule has 1 aliphatic rings. The zero-order valence-corrected chi connectivity index (χ0v) is 27.1. The van der Waals surface area contributed by atoms with E-state index in [1.807, 2.05) is 18.2 Å². The van der Waals surface area contributed by atoms with Crippen LogP contribution in [0.1, 0.15) is 103 Å². The lowest BCUT2D eigenvalue weighted by atomic mass is 9.89. The van der Waals surface area contributed by atoms with Crippen molar-refractivity contribution < 1.29 is 23.1 Å². The smallest absolute Gasteiger partial charge is 0.407 e. The van der Waals surface area contributed by atoms with Crippen molar-refractivity contribution in [3.8, 4) is 23.6 Å². The van der Waals surface area contributed by atoms with Gasteiger partial charge in [-0.3, -0.25) is 4.79 Å². The average molecular weight is 611 g/mol. The molecule has 0 bridgehead atoms. The highest BCUT2D eigenvalue weighted by Crippen LogP contribution is 2.35. The number of hydrogen-bond acceptors (Lipinski definition) is 4. The molecule has 0 radical (unpaired) electrons. The second-order valence-electron chi connectivity index (χ2n) is 13.3. The van der Waals surface area contributed by atoms with Crippen molar-refractivity contribution >= 4 is 17.7 Å². The van der Waals surface area contributed by atoms with Gasteiger partial charge in [-0.1, -0.05) is 91.2 Å². The summed E-state index contributed by atoms with van der Waals surface area (Å²) in [5.41, 5.74) is 3.47. The second-order valence-corrected chi connectivity index (χ2v) is 13.3. The van der Waals surface area contributed by atoms with Gasteiger partial charge in [0.05, 0.1) is 31.2 Å². The van der Waals surface area contributed by atoms with Gasteiger partial charge in [-0.15, -0.1) is 6.42 Å². The molecule has 2 amide bonds. The van der Waals surface area contributed by atoms with Gasteiger partial charge in [-0.2, -0.15) is 8.78 Å². The summed E-state index contributed by atoms with van der Waals surface area (Å²) < 4.78 is 33.8. The number of halogens is 2. The Hall–Kier alpha value is -3.67. The maximum absolute atomic E-state index is 14.6. The number of H-pyrrole nitrogens is 1. The first-order chi connectivity index (χ1) is 20.7. The number of alkyl carbamates (subject to hydrolysis) is 1. The third kappa shape index (κ3) is 9.93. The SMILES string of the molecule is C#Cc1cc(CCCCCCCCCC(C)(C)C)ccc1-c1cnc(C2=CC(F)(F)CN2C(=O)C(NC(=O)OC)C(C)C)[nH]1. The van der Waals surface area contributed by atoms with E-state index in [9.17, 15) is 18.4 Å². The number of ether oxygens (including phenoxy) is 1. The molecule has 0 saturated carbocycles. The molecule has 1 aromatic heterocycles. The molecule has 2 heterocycles. The Morgan fingerprint density at radius 3 is 2.41 bits per heavy atom. The van der Waals surface area contributed by atoms with Gasteiger partial charge in [0.15, 0.2) is 5.82 Å². The Morgan fingerprint density at radius 1 is 1.14 bits per heavy atom. The molecule has 9 heteroatoms. The molecule has 1 unspecified atom stereocenters. The molecule has 2 N–H and O–H groups in total. The Balaban J connectivity index is 1.65. The quantitative estimate of drug-likeness (QED) is 0.168. The van der Waals surface area contributed by atoms with Crippen LogP contribution in [0, 0.1) is 23.7 Å². The van der Waals surface area contributed by atoms with Crippen molar-refractivity contribution in [2.24, 2.45) is 11.3 Å². The summed E-state index contributed by atoms with van der Waals surface area (Å²) in [5.74, 6) is -1.46. The number of amides is 2. The minimum atomic E-state index is -3.26. The molecule has 3 rings (SSSR count). The molecular weight excluding hydrogens is 562 g/mol. The Kier molecular flexibility index (Phi) is 12.2. The Bertz CT molecular complexity index is 1350. The number of aryl methyl sites for hydroxylation is 1. The zero-order chi connectivity index (χ0) is 32.5. The maximum Gasteiger partial charge on any atom is 0.407 e. The van der Waals surface area contributed by atoms with Crippen LogP contribution in [0.4, 0.5) is 13.6 Å². The number of nitrogens with zero attached hydrogens (tertiary/aromatic N) is 2. The highest BCUT2D eigenvalue weighted by atomic mass is 19.3. The van der Waals surface area contributed by atoms with E-state index in [-0.39, 0.29) is 17.4 Å². The monoisotopic (exact) mass is 610 g/mol. The topological polar surface area (TPSA) is 87.3 Å². The summed E-state index contributed by atoms with van der Waals surface area (Å²) in [6.07, 6.45) is 18.2. The number of carbonyl (C=O) groups excluding carboxylic acids is 2. The lowest BCUT2D eigenvalue weighted by Crippen LogP contribution is -2.51. The number of methoxy groups -OCH3 is 1. The number of imidazole rings is 1. The number of hydrogen-bond donors (Lipinski definition) is 2. The van der Waals surface area contributed by atoms with Crippen LogP contribution in [-0.4, -0.2) is 52.5 Å². The zero-order valence-electron chi connectivity index (χ0n) is 27.1. The lowest BCUT2D eigenvalue weighted by Gasteiger charge is -2.27. The van der Waals surface area contributed by atoms with Crippen molar-refractivity contribution in [3.05, 3.63) is 47.4 Å². The van der Waals surface area contributed by atoms with Crippen LogP contribution in [0.25, 0.3) is 17.0 Å². The molecule has 1 atom stereocenters. The van der Waals surface area contributed by atoms with E-state index in [1.165, 1.54) is 58.3 Å². The normalized spacial score (nSPS) is 15.2. The van der Waals surface area contributed by atoms with Gasteiger partial charge >= 0.3 is 6.09 Å². The maximum atomic E-state index is 14.6. The molecule has 44 heavy (non-hydrogen) atoms. The van der Waals surface area contributed by atoms with E-state index in [1.54, 1.807) is 13.8 Å². The van der Waals surface area contributed by atoms with Crippen LogP contribution < -0.4 is 5.32 Å². The van der Waals surface area contributed by atoms with Gasteiger partial charge < -0.3 is 19.9 Å². The number of rotatable bonds is 14. The number of alkyl halides is 2. The van der Waals surface area contributed by atoms with Crippen LogP contribution in [0.5, 0.6) is 0 Å². The largest absolute Gasteiger partial charge is 0.453 e. The Morgan fingerprint density at radius 2 is 1.80 bits per heavy atom. The molecule has 2 aromatic rings. The van der Waals surface area contributed by atoms with E-state index < -0.39 is 30.5 Å². The van der Waals surface area contributed by atoms with Gasteiger partial charge in [0.1, 0.15) is 6.04 Å². The first-order valence-corrected chi connectivity index (χ1v) is 15.7. The number of benzene rings is 1. The van der Waals surface area contributed by atoms with Gasteiger partial charge in [0.2, 0.25) is 5.91 Å². The number of nitrogens with one attached hydrogen (secondary N) is 2. The van der Waals surface area contributed by atoms with Crippen molar-refractivity contribution in [3.63, 3.8) is 0 Å². The fourth-order valence-corrected chi connectivity index (χ4v) is 5.44. The number of aromatic amines is 1. The molecule has 1 aliphatic heterocycles. The van der Waals surface area contributed by atoms with E-state index in [2.05, 4.69) is 46.7 Å². The van der Waals surface area contributed by atoms with Gasteiger partial charge in [-0.05, 0) is 42.2 Å². The van der Waals surface area contributed by atoms with Crippen LogP contribution in [-0.2, 0) is 16.0 Å². The van der Waals surface area contributed by atoms with Gasteiger partial charge in [0.25, 0.3) is 5.92 Å². The van der Waals surface area contributed by atoms with Crippen molar-refractivity contribution in [2.75, 3.05) is 13.7 Å². The van der Waals surface area contributed by atoms with Crippen LogP contribution in [0.2, 0.25) is 0 Å². The lowest BCUT2D eigenvalue weighted by molar-refractivity contribution is -0.132. The first kappa shape index (κ1) is 34.8. The summed E-state index contributed by atoms with van der Waals surface area (Å²) in [7, 11) is 1.17. The van der Waals surface area contributed by atoms with Gasteiger partial charge in [0, 0.05) is 17.2 Å². The second kappa shape index (κ2) is 15.4. The highest BCUT2D eigenvalue weighted by molar-refractivity contribution is 5.93. The van der Waals surface area contributed by atoms with Crippen molar-refractivity contribution in [2.45, 2.75) is 104 Å². The minimum Gasteiger partial charge on any atom is -0.453 e. The highest BCUT2D eigenvalue weighted by Gasteiger charge is 2.44. The summed E-state index contributed by atoms with van der Waals surface area (Å²) in [5, 5.41) is 2.45. The molecule has 7 nitrogen and oxygen atoms in total. The van der Waals surface area contributed by atoms with Crippen LogP contribution in [0.15, 0.2) is 30.5 Å². The van der Waals surface area contributed by atoms with Crippen molar-refractivity contribution in [1.29, 1.82) is 0 Å². The number of aromatic nitrogens is 2. The average Bonchev–Trinajstić information content (AvgIpc) is 3.57. The Labute approximate surface area is 261 Å². The minimum absolute atomic E-state index is 0.0587. The number of terminal acetylenes is 1. The third-order valence-corrected chi connectivity index (χ3v) is 7.91. The molecule has 0 aliphatic carbocycles. The molecule has 0 spiro atoms. The molecular formula is C35H48F2N4O3. The van der Waals surface area contributed by atoms with Crippen LogP contribution >= 0.6 is 0 Å². The van der Waals surface area contributed by atoms with Gasteiger partial charge in [-0.25, -0.2) is 9.78 Å². The van der Waals surface area contributed by atoms with E-state index in [0.29, 0.717) is 16.7 Å². The van der Waals surface area contributed by atoms with E-state index >= 15 is 0 Å². The number of carbonyl (C=O) groups is 2. The fraction of sp³-hybridized carbons (Fsp3) is 0.571. The van der Waals surface area contributed by atoms with E-state index in [0.717, 1.165) is 34.9 Å². The fourth-order valence-electron chi connectivity index (χ4n) is 5.44. The standard InChI is InChI=1S/C35H48F2N4O3/c1-8-26-20-25(16-14-12-10-9-11-13-15-19-34(4,5)6)17-18-27(26)28-22-38-31(39-28)29-21-35(36,37)23-41(29)32(42)30(24(2)3)40-33(43)44-7/h1,17-18,20-22,24,30H,9-16,19,23H2,2-7H3,(H,38,39)(H,40,43). The first-order valence-electron chi connectivity index (χ1n) is 15.7. The van der Waals surface area contributed by atoms with Crippen LogP contribution in [0.3, 0.4) is 0 Å². The number of unbranched alkanes of at least 4 members (excludes halogenated alkanes) is 6. The molecule has 240 valence electrons. The van der Waals surface area contributed by atoms with Crippen molar-refractivity contribution in [1.82, 2.24) is 20.2 Å². The summed E-state index contributed by atoms with van der Waals surface area (Å²) >= 11 is 0. The predicted octanol–water partition coefficient (Wildman–Crippen LogP) is 7.97.